The van der Waals surface area contributed by atoms with Crippen LogP contribution in [0, 0.1) is 0 Å². The fraction of sp³-hybridized carbons (Fsp3) is 0.143. The predicted molar refractivity (Wildman–Crippen MR) is 108 cm³/mol. The molecule has 0 aliphatic rings. The van der Waals surface area contributed by atoms with Gasteiger partial charge in [-0.1, -0.05) is 0 Å². The van der Waals surface area contributed by atoms with Crippen molar-refractivity contribution < 1.29 is 14.3 Å². The van der Waals surface area contributed by atoms with Crippen molar-refractivity contribution in [1.29, 1.82) is 0 Å². The first-order valence-corrected chi connectivity index (χ1v) is 9.73. The number of carbonyl (C=O) groups is 1. The molecule has 0 atom stereocenters. The number of rotatable bonds is 7. The Morgan fingerprint density at radius 1 is 1.00 bits per heavy atom. The fourth-order valence-corrected chi connectivity index (χ4v) is 2.98. The number of hydrogen-bond donors (Lipinski definition) is 1. The first-order chi connectivity index (χ1) is 13.2. The Balaban J connectivity index is 1.64. The second-order valence-electron chi connectivity index (χ2n) is 5.55. The molecule has 1 N–H and O–H groups in total. The maximum atomic E-state index is 12.4. The zero-order valence-corrected chi connectivity index (χ0v) is 16.0. The van der Waals surface area contributed by atoms with Crippen molar-refractivity contribution in [1.82, 2.24) is 4.98 Å². The number of nitrogens with zero attached hydrogens (tertiary/aromatic N) is 1. The van der Waals surface area contributed by atoms with Crippen LogP contribution in [-0.2, 0) is 0 Å². The minimum absolute atomic E-state index is 0.187. The Kier molecular flexibility index (Phi) is 6.33. The molecule has 0 saturated heterocycles. The van der Waals surface area contributed by atoms with Gasteiger partial charge in [-0.15, -0.1) is 11.8 Å². The van der Waals surface area contributed by atoms with E-state index in [0.29, 0.717) is 28.6 Å². The van der Waals surface area contributed by atoms with Crippen LogP contribution in [0.2, 0.25) is 0 Å². The Morgan fingerprint density at radius 2 is 1.63 bits per heavy atom. The number of nitrogens with one attached hydrogen (secondary N) is 1. The SMILES string of the molecule is CCOc1ccc(Oc2ccc(NC(=O)c3cccnc3SC)cc2)cc1. The molecule has 5 nitrogen and oxygen atoms in total. The van der Waals surface area contributed by atoms with Gasteiger partial charge in [-0.3, -0.25) is 4.79 Å². The van der Waals surface area contributed by atoms with Gasteiger partial charge in [0, 0.05) is 11.9 Å². The van der Waals surface area contributed by atoms with E-state index in [2.05, 4.69) is 10.3 Å². The summed E-state index contributed by atoms with van der Waals surface area (Å²) in [5.41, 5.74) is 1.25. The standard InChI is InChI=1S/C21H20N2O3S/c1-3-25-16-10-12-18(13-11-16)26-17-8-6-15(7-9-17)23-20(24)19-5-4-14-22-21(19)27-2/h4-14H,3H2,1-2H3,(H,23,24). The number of pyridine rings is 1. The molecular weight excluding hydrogens is 360 g/mol. The lowest BCUT2D eigenvalue weighted by Crippen LogP contribution is -2.13. The van der Waals surface area contributed by atoms with Crippen LogP contribution in [0.25, 0.3) is 0 Å². The van der Waals surface area contributed by atoms with Gasteiger partial charge in [0.15, 0.2) is 0 Å². The van der Waals surface area contributed by atoms with Crippen molar-refractivity contribution in [2.45, 2.75) is 11.9 Å². The number of amides is 1. The topological polar surface area (TPSA) is 60.5 Å². The molecule has 0 fully saturated rings. The Hall–Kier alpha value is -2.99. The molecule has 1 heterocycles. The molecule has 0 radical (unpaired) electrons. The van der Waals surface area contributed by atoms with Crippen LogP contribution in [0.4, 0.5) is 5.69 Å². The normalized spacial score (nSPS) is 10.3. The summed E-state index contributed by atoms with van der Waals surface area (Å²) in [6, 6.07) is 18.2. The molecule has 2 aromatic carbocycles. The summed E-state index contributed by atoms with van der Waals surface area (Å²) in [5, 5.41) is 3.58. The first kappa shape index (κ1) is 18.8. The molecule has 0 unspecified atom stereocenters. The number of aromatic nitrogens is 1. The molecular formula is C21H20N2O3S. The average Bonchev–Trinajstić information content (AvgIpc) is 2.71. The molecule has 0 bridgehead atoms. The summed E-state index contributed by atoms with van der Waals surface area (Å²) in [5.74, 6) is 2.02. The lowest BCUT2D eigenvalue weighted by Gasteiger charge is -2.10. The van der Waals surface area contributed by atoms with Crippen LogP contribution in [0.3, 0.4) is 0 Å². The monoisotopic (exact) mass is 380 g/mol. The maximum absolute atomic E-state index is 12.4. The van der Waals surface area contributed by atoms with E-state index in [1.54, 1.807) is 30.5 Å². The fourth-order valence-electron chi connectivity index (χ4n) is 2.44. The Bertz CT molecular complexity index is 896. The minimum Gasteiger partial charge on any atom is -0.494 e. The molecule has 3 rings (SSSR count). The molecule has 0 spiro atoms. The Morgan fingerprint density at radius 3 is 2.26 bits per heavy atom. The summed E-state index contributed by atoms with van der Waals surface area (Å²) in [4.78, 5) is 16.7. The van der Waals surface area contributed by atoms with Crippen LogP contribution in [-0.4, -0.2) is 23.8 Å². The van der Waals surface area contributed by atoms with E-state index >= 15 is 0 Å². The third-order valence-electron chi connectivity index (χ3n) is 3.69. The largest absolute Gasteiger partial charge is 0.494 e. The third-order valence-corrected chi connectivity index (χ3v) is 4.40. The smallest absolute Gasteiger partial charge is 0.258 e. The molecule has 27 heavy (non-hydrogen) atoms. The van der Waals surface area contributed by atoms with E-state index in [4.69, 9.17) is 9.47 Å². The van der Waals surface area contributed by atoms with Gasteiger partial charge in [-0.2, -0.15) is 0 Å². The van der Waals surface area contributed by atoms with Crippen molar-refractivity contribution >= 4 is 23.4 Å². The molecule has 1 amide bonds. The van der Waals surface area contributed by atoms with E-state index in [-0.39, 0.29) is 5.91 Å². The lowest BCUT2D eigenvalue weighted by atomic mass is 10.2. The molecule has 6 heteroatoms. The highest BCUT2D eigenvalue weighted by atomic mass is 32.2. The highest BCUT2D eigenvalue weighted by Crippen LogP contribution is 2.25. The molecule has 1 aromatic heterocycles. The van der Waals surface area contributed by atoms with E-state index < -0.39 is 0 Å². The summed E-state index contributed by atoms with van der Waals surface area (Å²) in [6.07, 6.45) is 3.57. The molecule has 3 aromatic rings. The number of ether oxygens (including phenoxy) is 2. The highest BCUT2D eigenvalue weighted by molar-refractivity contribution is 7.98. The molecule has 0 saturated carbocycles. The number of hydrogen-bond acceptors (Lipinski definition) is 5. The van der Waals surface area contributed by atoms with Crippen molar-refractivity contribution in [2.24, 2.45) is 0 Å². The van der Waals surface area contributed by atoms with Crippen LogP contribution in [0.15, 0.2) is 71.9 Å². The first-order valence-electron chi connectivity index (χ1n) is 8.50. The maximum Gasteiger partial charge on any atom is 0.258 e. The lowest BCUT2D eigenvalue weighted by molar-refractivity contribution is 0.102. The number of benzene rings is 2. The van der Waals surface area contributed by atoms with Crippen LogP contribution < -0.4 is 14.8 Å². The summed E-state index contributed by atoms with van der Waals surface area (Å²) >= 11 is 1.44. The number of anilines is 1. The summed E-state index contributed by atoms with van der Waals surface area (Å²) in [6.45, 7) is 2.58. The molecule has 0 aliphatic carbocycles. The van der Waals surface area contributed by atoms with Gasteiger partial charge in [0.1, 0.15) is 22.3 Å². The van der Waals surface area contributed by atoms with Gasteiger partial charge in [0.25, 0.3) is 5.91 Å². The number of carbonyl (C=O) groups excluding carboxylic acids is 1. The van der Waals surface area contributed by atoms with Gasteiger partial charge >= 0.3 is 0 Å². The summed E-state index contributed by atoms with van der Waals surface area (Å²) < 4.78 is 11.2. The van der Waals surface area contributed by atoms with E-state index in [9.17, 15) is 4.79 Å². The van der Waals surface area contributed by atoms with Crippen LogP contribution in [0.5, 0.6) is 17.2 Å². The predicted octanol–water partition coefficient (Wildman–Crippen LogP) is 5.25. The van der Waals surface area contributed by atoms with E-state index in [1.807, 2.05) is 49.6 Å². The molecule has 138 valence electrons. The van der Waals surface area contributed by atoms with Crippen molar-refractivity contribution in [3.8, 4) is 17.2 Å². The van der Waals surface area contributed by atoms with Gasteiger partial charge < -0.3 is 14.8 Å². The number of thioether (sulfide) groups is 1. The average molecular weight is 380 g/mol. The minimum atomic E-state index is -0.187. The van der Waals surface area contributed by atoms with Crippen LogP contribution in [0.1, 0.15) is 17.3 Å². The second-order valence-corrected chi connectivity index (χ2v) is 6.34. The Labute approximate surface area is 162 Å². The van der Waals surface area contributed by atoms with Crippen molar-refractivity contribution in [2.75, 3.05) is 18.2 Å². The third kappa shape index (κ3) is 5.01. The van der Waals surface area contributed by atoms with Crippen molar-refractivity contribution in [3.05, 3.63) is 72.4 Å². The second kappa shape index (κ2) is 9.09. The van der Waals surface area contributed by atoms with Gasteiger partial charge in [-0.25, -0.2) is 4.98 Å². The zero-order valence-electron chi connectivity index (χ0n) is 15.1. The van der Waals surface area contributed by atoms with Gasteiger partial charge in [0.2, 0.25) is 0 Å². The van der Waals surface area contributed by atoms with Gasteiger partial charge in [-0.05, 0) is 73.8 Å². The van der Waals surface area contributed by atoms with Gasteiger partial charge in [0.05, 0.1) is 12.2 Å². The quantitative estimate of drug-likeness (QED) is 0.568. The van der Waals surface area contributed by atoms with E-state index in [1.165, 1.54) is 11.8 Å². The zero-order chi connectivity index (χ0) is 19.1. The van der Waals surface area contributed by atoms with E-state index in [0.717, 1.165) is 11.5 Å². The van der Waals surface area contributed by atoms with Crippen molar-refractivity contribution in [3.63, 3.8) is 0 Å². The van der Waals surface area contributed by atoms with Crippen LogP contribution >= 0.6 is 11.8 Å². The highest BCUT2D eigenvalue weighted by Gasteiger charge is 2.11. The summed E-state index contributed by atoms with van der Waals surface area (Å²) in [7, 11) is 0. The molecule has 0 aliphatic heterocycles.